The zero-order valence-corrected chi connectivity index (χ0v) is 13.2. The smallest absolute Gasteiger partial charge is 0.310 e. The van der Waals surface area contributed by atoms with Crippen molar-refractivity contribution in [3.8, 4) is 0 Å². The molecule has 1 aromatic heterocycles. The van der Waals surface area contributed by atoms with Crippen molar-refractivity contribution in [1.82, 2.24) is 5.32 Å². The molecule has 1 unspecified atom stereocenters. The van der Waals surface area contributed by atoms with Crippen molar-refractivity contribution in [2.75, 3.05) is 6.54 Å². The summed E-state index contributed by atoms with van der Waals surface area (Å²) >= 11 is 1.86. The fourth-order valence-electron chi connectivity index (χ4n) is 2.97. The lowest BCUT2D eigenvalue weighted by atomic mass is 9.95. The quantitative estimate of drug-likeness (QED) is 0.847. The lowest BCUT2D eigenvalue weighted by molar-refractivity contribution is -0.137. The van der Waals surface area contributed by atoms with Gasteiger partial charge in [-0.25, -0.2) is 0 Å². The molecule has 1 nitrogen and oxygen atoms in total. The molecule has 1 aliphatic heterocycles. The van der Waals surface area contributed by atoms with E-state index < -0.39 is 11.7 Å². The molecule has 1 N–H and O–H groups in total. The van der Waals surface area contributed by atoms with Crippen LogP contribution in [-0.4, -0.2) is 6.54 Å². The number of benzene rings is 1. The van der Waals surface area contributed by atoms with Gasteiger partial charge in [0.15, 0.2) is 0 Å². The number of rotatable bonds is 3. The fraction of sp³-hybridized carbons (Fsp3) is 0.412. The van der Waals surface area contributed by atoms with Crippen molar-refractivity contribution in [3.05, 3.63) is 56.8 Å². The van der Waals surface area contributed by atoms with Crippen LogP contribution < -0.4 is 5.32 Å². The van der Waals surface area contributed by atoms with Crippen molar-refractivity contribution in [2.45, 2.75) is 38.4 Å². The molecule has 1 atom stereocenters. The Morgan fingerprint density at radius 1 is 1.23 bits per heavy atom. The van der Waals surface area contributed by atoms with Crippen LogP contribution in [0, 0.1) is 6.92 Å². The summed E-state index contributed by atoms with van der Waals surface area (Å²) in [4.78, 5) is 2.78. The minimum Gasteiger partial charge on any atom is -0.310 e. The standard InChI is InChI=1S/C17H18F3NS/c1-11-10-14-15(21-9-8-16(14)22-11)7-4-12-2-5-13(6-3-12)17(18,19)20/h2-3,5-6,10,15,21H,4,7-9H2,1H3. The van der Waals surface area contributed by atoms with E-state index in [0.29, 0.717) is 6.04 Å². The van der Waals surface area contributed by atoms with Crippen molar-refractivity contribution in [3.63, 3.8) is 0 Å². The number of thiophene rings is 1. The van der Waals surface area contributed by atoms with Crippen molar-refractivity contribution < 1.29 is 13.2 Å². The molecule has 2 aromatic rings. The van der Waals surface area contributed by atoms with E-state index in [2.05, 4.69) is 18.3 Å². The highest BCUT2D eigenvalue weighted by Gasteiger charge is 2.30. The molecule has 0 aliphatic carbocycles. The molecule has 0 radical (unpaired) electrons. The maximum absolute atomic E-state index is 12.6. The molecule has 0 bridgehead atoms. The van der Waals surface area contributed by atoms with E-state index in [9.17, 15) is 13.2 Å². The summed E-state index contributed by atoms with van der Waals surface area (Å²) in [6.45, 7) is 3.10. The molecule has 0 fully saturated rings. The predicted octanol–water partition coefficient (Wildman–Crippen LogP) is 4.89. The average molecular weight is 325 g/mol. The van der Waals surface area contributed by atoms with Crippen LogP contribution in [0.2, 0.25) is 0 Å². The van der Waals surface area contributed by atoms with Crippen molar-refractivity contribution in [2.24, 2.45) is 0 Å². The van der Waals surface area contributed by atoms with Gasteiger partial charge in [-0.15, -0.1) is 11.3 Å². The second kappa shape index (κ2) is 6.05. The molecular formula is C17H18F3NS. The fourth-order valence-corrected chi connectivity index (χ4v) is 4.07. The van der Waals surface area contributed by atoms with Crippen LogP contribution in [0.4, 0.5) is 13.2 Å². The lowest BCUT2D eigenvalue weighted by Crippen LogP contribution is -2.29. The summed E-state index contributed by atoms with van der Waals surface area (Å²) < 4.78 is 37.7. The summed E-state index contributed by atoms with van der Waals surface area (Å²) in [5.74, 6) is 0. The highest BCUT2D eigenvalue weighted by Crippen LogP contribution is 2.33. The molecule has 1 aliphatic rings. The van der Waals surface area contributed by atoms with Crippen LogP contribution in [0.5, 0.6) is 0 Å². The maximum atomic E-state index is 12.6. The van der Waals surface area contributed by atoms with Gasteiger partial charge in [0.25, 0.3) is 0 Å². The number of nitrogens with one attached hydrogen (secondary N) is 1. The molecule has 118 valence electrons. The largest absolute Gasteiger partial charge is 0.416 e. The molecule has 0 saturated heterocycles. The first kappa shape index (κ1) is 15.6. The van der Waals surface area contributed by atoms with Gasteiger partial charge in [-0.1, -0.05) is 12.1 Å². The number of hydrogen-bond acceptors (Lipinski definition) is 2. The monoisotopic (exact) mass is 325 g/mol. The zero-order valence-electron chi connectivity index (χ0n) is 12.3. The lowest BCUT2D eigenvalue weighted by Gasteiger charge is -2.24. The third kappa shape index (κ3) is 3.36. The van der Waals surface area contributed by atoms with E-state index in [1.165, 1.54) is 27.5 Å². The Morgan fingerprint density at radius 3 is 2.64 bits per heavy atom. The normalized spacial score (nSPS) is 18.3. The van der Waals surface area contributed by atoms with Gasteiger partial charge in [-0.2, -0.15) is 13.2 Å². The van der Waals surface area contributed by atoms with Gasteiger partial charge in [0.2, 0.25) is 0 Å². The molecule has 3 rings (SSSR count). The number of alkyl halides is 3. The van der Waals surface area contributed by atoms with Gasteiger partial charge < -0.3 is 5.32 Å². The Balaban J connectivity index is 1.66. The number of hydrogen-bond donors (Lipinski definition) is 1. The molecule has 0 saturated carbocycles. The topological polar surface area (TPSA) is 12.0 Å². The minimum absolute atomic E-state index is 0.316. The second-order valence-electron chi connectivity index (χ2n) is 5.73. The van der Waals surface area contributed by atoms with Gasteiger partial charge in [0.1, 0.15) is 0 Å². The van der Waals surface area contributed by atoms with Crippen LogP contribution in [0.15, 0.2) is 30.3 Å². The van der Waals surface area contributed by atoms with Gasteiger partial charge in [0, 0.05) is 22.3 Å². The molecule has 0 spiro atoms. The first-order valence-electron chi connectivity index (χ1n) is 7.42. The number of fused-ring (bicyclic) bond motifs is 1. The highest BCUT2D eigenvalue weighted by molar-refractivity contribution is 7.12. The van der Waals surface area contributed by atoms with Gasteiger partial charge in [-0.3, -0.25) is 0 Å². The SMILES string of the molecule is Cc1cc2c(s1)CCNC2CCc1ccc(C(F)(F)F)cc1. The van der Waals surface area contributed by atoms with E-state index in [1.807, 2.05) is 11.3 Å². The first-order valence-corrected chi connectivity index (χ1v) is 8.24. The molecule has 2 heterocycles. The van der Waals surface area contributed by atoms with Crippen LogP contribution in [0.25, 0.3) is 0 Å². The number of halogens is 3. The first-order chi connectivity index (χ1) is 10.4. The second-order valence-corrected chi connectivity index (χ2v) is 7.07. The van der Waals surface area contributed by atoms with Crippen molar-refractivity contribution in [1.29, 1.82) is 0 Å². The average Bonchev–Trinajstić information content (AvgIpc) is 2.85. The van der Waals surface area contributed by atoms with Crippen LogP contribution in [-0.2, 0) is 19.0 Å². The van der Waals surface area contributed by atoms with E-state index in [1.54, 1.807) is 12.1 Å². The van der Waals surface area contributed by atoms with Crippen LogP contribution in [0.3, 0.4) is 0 Å². The van der Waals surface area contributed by atoms with Crippen molar-refractivity contribution >= 4 is 11.3 Å². The zero-order chi connectivity index (χ0) is 15.7. The molecule has 22 heavy (non-hydrogen) atoms. The summed E-state index contributed by atoms with van der Waals surface area (Å²) in [5.41, 5.74) is 1.75. The third-order valence-corrected chi connectivity index (χ3v) is 5.21. The van der Waals surface area contributed by atoms with Gasteiger partial charge in [0.05, 0.1) is 5.56 Å². The minimum atomic E-state index is -4.26. The Hall–Kier alpha value is -1.33. The summed E-state index contributed by atoms with van der Waals surface area (Å²) in [5, 5.41) is 3.52. The summed E-state index contributed by atoms with van der Waals surface area (Å²) in [7, 11) is 0. The molecule has 0 amide bonds. The highest BCUT2D eigenvalue weighted by atomic mass is 32.1. The Morgan fingerprint density at radius 2 is 1.95 bits per heavy atom. The van der Waals surface area contributed by atoms with E-state index >= 15 is 0 Å². The van der Waals surface area contributed by atoms with E-state index in [4.69, 9.17) is 0 Å². The summed E-state index contributed by atoms with van der Waals surface area (Å²) in [6.07, 6.45) is -1.49. The maximum Gasteiger partial charge on any atom is 0.416 e. The number of aryl methyl sites for hydroxylation is 2. The Bertz CT molecular complexity index is 643. The van der Waals surface area contributed by atoms with E-state index in [-0.39, 0.29) is 0 Å². The van der Waals surface area contributed by atoms with Gasteiger partial charge in [-0.05, 0) is 55.5 Å². The molecular weight excluding hydrogens is 307 g/mol. The Kier molecular flexibility index (Phi) is 4.28. The van der Waals surface area contributed by atoms with Crippen LogP contribution in [0.1, 0.15) is 38.9 Å². The van der Waals surface area contributed by atoms with E-state index in [0.717, 1.165) is 31.4 Å². The Labute approximate surface area is 132 Å². The molecule has 1 aromatic carbocycles. The third-order valence-electron chi connectivity index (χ3n) is 4.09. The summed E-state index contributed by atoms with van der Waals surface area (Å²) in [6, 6.07) is 8.07. The van der Waals surface area contributed by atoms with Crippen LogP contribution >= 0.6 is 11.3 Å². The van der Waals surface area contributed by atoms with Gasteiger partial charge >= 0.3 is 6.18 Å². The molecule has 5 heteroatoms. The predicted molar refractivity (Wildman–Crippen MR) is 83.3 cm³/mol.